The van der Waals surface area contributed by atoms with E-state index in [9.17, 15) is 0 Å². The van der Waals surface area contributed by atoms with Crippen molar-refractivity contribution in [3.8, 4) is 0 Å². The first kappa shape index (κ1) is 6.83. The van der Waals surface area contributed by atoms with E-state index in [0.717, 1.165) is 18.9 Å². The lowest BCUT2D eigenvalue weighted by Crippen LogP contribution is -2.36. The summed E-state index contributed by atoms with van der Waals surface area (Å²) in [5, 5.41) is 6.56. The lowest BCUT2D eigenvalue weighted by Gasteiger charge is -2.31. The zero-order valence-corrected chi connectivity index (χ0v) is 7.25. The van der Waals surface area contributed by atoms with Crippen molar-refractivity contribution in [2.45, 2.75) is 0 Å². The Kier molecular flexibility index (Phi) is 1.27. The van der Waals surface area contributed by atoms with Gasteiger partial charge in [0.2, 0.25) is 0 Å². The maximum atomic E-state index is 3.30. The largest absolute Gasteiger partial charge is 0.366 e. The van der Waals surface area contributed by atoms with Gasteiger partial charge >= 0.3 is 0 Å². The summed E-state index contributed by atoms with van der Waals surface area (Å²) < 4.78 is 0. The van der Waals surface area contributed by atoms with Gasteiger partial charge in [-0.25, -0.2) is 0 Å². The van der Waals surface area contributed by atoms with Crippen LogP contribution in [-0.2, 0) is 0 Å². The van der Waals surface area contributed by atoms with E-state index < -0.39 is 0 Å². The molecule has 0 aliphatic carbocycles. The number of rotatable bonds is 0. The van der Waals surface area contributed by atoms with Crippen molar-refractivity contribution in [2.24, 2.45) is 0 Å². The molecule has 0 aromatic heterocycles. The van der Waals surface area contributed by atoms with E-state index in [1.807, 2.05) is 6.20 Å². The molecule has 3 aliphatic heterocycles. The summed E-state index contributed by atoms with van der Waals surface area (Å²) in [5.41, 5.74) is 2.49. The van der Waals surface area contributed by atoms with Crippen LogP contribution in [0.1, 0.15) is 0 Å². The van der Waals surface area contributed by atoms with Gasteiger partial charge in [-0.3, -0.25) is 0 Å². The van der Waals surface area contributed by atoms with Crippen LogP contribution < -0.4 is 10.6 Å². The highest BCUT2D eigenvalue weighted by atomic mass is 15.2. The summed E-state index contributed by atoms with van der Waals surface area (Å²) in [5.74, 6) is 1.12. The number of nitrogens with zero attached hydrogens (tertiary/aromatic N) is 1. The van der Waals surface area contributed by atoms with E-state index in [2.05, 4.69) is 39.8 Å². The standard InChI is InChI=1S/C10H11N3/c1-4-9-10(11-5-1)12-7-8-3-2-6-13(8)9/h1-4,7,11-12H,5-6H2. The van der Waals surface area contributed by atoms with Crippen LogP contribution in [0.5, 0.6) is 0 Å². The first-order valence-electron chi connectivity index (χ1n) is 4.50. The molecule has 13 heavy (non-hydrogen) atoms. The Labute approximate surface area is 77.1 Å². The van der Waals surface area contributed by atoms with Gasteiger partial charge in [-0.15, -0.1) is 0 Å². The zero-order chi connectivity index (χ0) is 8.67. The highest BCUT2D eigenvalue weighted by Crippen LogP contribution is 2.25. The molecular weight excluding hydrogens is 162 g/mol. The molecule has 0 saturated carbocycles. The molecular formula is C10H11N3. The number of nitrogens with one attached hydrogen (secondary N) is 2. The third-order valence-corrected chi connectivity index (χ3v) is 2.47. The van der Waals surface area contributed by atoms with Crippen LogP contribution >= 0.6 is 0 Å². The average molecular weight is 173 g/mol. The maximum absolute atomic E-state index is 3.30. The Hall–Kier alpha value is -1.64. The van der Waals surface area contributed by atoms with Crippen LogP contribution in [-0.4, -0.2) is 18.0 Å². The smallest absolute Gasteiger partial charge is 0.127 e. The van der Waals surface area contributed by atoms with Gasteiger partial charge in [0.1, 0.15) is 5.82 Å². The monoisotopic (exact) mass is 173 g/mol. The molecule has 2 N–H and O–H groups in total. The van der Waals surface area contributed by atoms with Gasteiger partial charge in [0, 0.05) is 19.3 Å². The Morgan fingerprint density at radius 3 is 3.23 bits per heavy atom. The Morgan fingerprint density at radius 2 is 2.23 bits per heavy atom. The van der Waals surface area contributed by atoms with Crippen molar-refractivity contribution in [3.05, 3.63) is 47.7 Å². The summed E-state index contributed by atoms with van der Waals surface area (Å²) in [7, 11) is 0. The summed E-state index contributed by atoms with van der Waals surface area (Å²) in [6.45, 7) is 1.90. The predicted octanol–water partition coefficient (Wildman–Crippen LogP) is 0.631. The van der Waals surface area contributed by atoms with Crippen LogP contribution in [0, 0.1) is 0 Å². The minimum Gasteiger partial charge on any atom is -0.366 e. The van der Waals surface area contributed by atoms with Gasteiger partial charge in [-0.2, -0.15) is 0 Å². The highest BCUT2D eigenvalue weighted by molar-refractivity contribution is 5.40. The van der Waals surface area contributed by atoms with Crippen LogP contribution in [0.3, 0.4) is 0 Å². The summed E-state index contributed by atoms with van der Waals surface area (Å²) >= 11 is 0. The molecule has 0 aromatic carbocycles. The fourth-order valence-corrected chi connectivity index (χ4v) is 1.84. The van der Waals surface area contributed by atoms with Crippen molar-refractivity contribution in [3.63, 3.8) is 0 Å². The van der Waals surface area contributed by atoms with Crippen molar-refractivity contribution in [2.75, 3.05) is 13.1 Å². The van der Waals surface area contributed by atoms with Gasteiger partial charge < -0.3 is 15.5 Å². The summed E-state index contributed by atoms with van der Waals surface area (Å²) in [6, 6.07) is 0. The molecule has 66 valence electrons. The second-order valence-electron chi connectivity index (χ2n) is 3.27. The second-order valence-corrected chi connectivity index (χ2v) is 3.27. The fraction of sp³-hybridized carbons (Fsp3) is 0.200. The Balaban J connectivity index is 2.02. The number of hydrogen-bond acceptors (Lipinski definition) is 3. The van der Waals surface area contributed by atoms with Gasteiger partial charge in [-0.1, -0.05) is 12.2 Å². The van der Waals surface area contributed by atoms with Gasteiger partial charge in [-0.05, 0) is 12.2 Å². The molecule has 0 radical (unpaired) electrons. The van der Waals surface area contributed by atoms with Crippen molar-refractivity contribution in [1.82, 2.24) is 15.5 Å². The normalized spacial score (nSPS) is 23.4. The van der Waals surface area contributed by atoms with E-state index in [0.29, 0.717) is 0 Å². The van der Waals surface area contributed by atoms with Crippen molar-refractivity contribution in [1.29, 1.82) is 0 Å². The molecule has 3 heteroatoms. The van der Waals surface area contributed by atoms with Crippen molar-refractivity contribution >= 4 is 0 Å². The molecule has 3 nitrogen and oxygen atoms in total. The summed E-state index contributed by atoms with van der Waals surface area (Å²) in [4.78, 5) is 2.29. The highest BCUT2D eigenvalue weighted by Gasteiger charge is 2.22. The average Bonchev–Trinajstić information content (AvgIpc) is 2.65. The molecule has 0 unspecified atom stereocenters. The summed E-state index contributed by atoms with van der Waals surface area (Å²) in [6.07, 6.45) is 10.7. The minimum atomic E-state index is 0.913. The Morgan fingerprint density at radius 1 is 1.23 bits per heavy atom. The second kappa shape index (κ2) is 2.42. The first-order valence-corrected chi connectivity index (χ1v) is 4.50. The molecule has 0 fully saturated rings. The molecule has 3 aliphatic rings. The lowest BCUT2D eigenvalue weighted by atomic mass is 10.2. The molecule has 0 aromatic rings. The molecule has 0 amide bonds. The molecule has 0 spiro atoms. The number of hydrogen-bond donors (Lipinski definition) is 2. The first-order chi connectivity index (χ1) is 6.45. The number of fused-ring (bicyclic) bond motifs is 2. The van der Waals surface area contributed by atoms with E-state index >= 15 is 0 Å². The quantitative estimate of drug-likeness (QED) is 0.562. The number of allylic oxidation sites excluding steroid dienone is 2. The molecule has 3 rings (SSSR count). The van der Waals surface area contributed by atoms with Crippen molar-refractivity contribution < 1.29 is 0 Å². The molecule has 0 bridgehead atoms. The number of dihydropyridines is 1. The van der Waals surface area contributed by atoms with E-state index in [1.54, 1.807) is 0 Å². The zero-order valence-electron chi connectivity index (χ0n) is 7.25. The lowest BCUT2D eigenvalue weighted by molar-refractivity contribution is 0.481. The van der Waals surface area contributed by atoms with Gasteiger partial charge in [0.25, 0.3) is 0 Å². The van der Waals surface area contributed by atoms with Gasteiger partial charge in [0.05, 0.1) is 11.4 Å². The maximum Gasteiger partial charge on any atom is 0.127 e. The molecule has 0 saturated heterocycles. The minimum absolute atomic E-state index is 0.913. The Bertz CT molecular complexity index is 360. The van der Waals surface area contributed by atoms with Crippen LogP contribution in [0.4, 0.5) is 0 Å². The molecule has 0 atom stereocenters. The predicted molar refractivity (Wildman–Crippen MR) is 51.2 cm³/mol. The van der Waals surface area contributed by atoms with E-state index in [1.165, 1.54) is 11.4 Å². The third-order valence-electron chi connectivity index (χ3n) is 2.47. The van der Waals surface area contributed by atoms with Crippen LogP contribution in [0.2, 0.25) is 0 Å². The molecule has 3 heterocycles. The van der Waals surface area contributed by atoms with E-state index in [4.69, 9.17) is 0 Å². The van der Waals surface area contributed by atoms with Gasteiger partial charge in [0.15, 0.2) is 0 Å². The van der Waals surface area contributed by atoms with Crippen LogP contribution in [0.15, 0.2) is 47.7 Å². The van der Waals surface area contributed by atoms with E-state index in [-0.39, 0.29) is 0 Å². The SMILES string of the molecule is C1=CC2=C(NC=C3C=CCN32)NC1. The third kappa shape index (κ3) is 0.900. The fourth-order valence-electron chi connectivity index (χ4n) is 1.84. The topological polar surface area (TPSA) is 27.3 Å². The van der Waals surface area contributed by atoms with Crippen LogP contribution in [0.25, 0.3) is 0 Å².